The number of hydrogen-bond acceptors (Lipinski definition) is 3. The molecule has 2 N–H and O–H groups in total. The molecule has 0 saturated heterocycles. The van der Waals surface area contributed by atoms with E-state index in [9.17, 15) is 0 Å². The lowest BCUT2D eigenvalue weighted by atomic mass is 10.1. The monoisotopic (exact) mass is 221 g/mol. The minimum atomic E-state index is 0.149. The van der Waals surface area contributed by atoms with Crippen molar-refractivity contribution in [3.05, 3.63) is 12.4 Å². The fraction of sp³-hybridized carbons (Fsp3) is 0.750. The smallest absolute Gasteiger partial charge is 0.0728 e. The average Bonchev–Trinajstić information content (AvgIpc) is 3.17. The fourth-order valence-corrected chi connectivity index (χ4v) is 2.39. The van der Waals surface area contributed by atoms with Crippen molar-refractivity contribution in [2.24, 2.45) is 11.8 Å². The Morgan fingerprint density at radius 3 is 2.62 bits per heavy atom. The first-order valence-corrected chi connectivity index (χ1v) is 6.26. The third-order valence-corrected chi connectivity index (χ3v) is 3.56. The van der Waals surface area contributed by atoms with Gasteiger partial charge in [-0.2, -0.15) is 5.10 Å². The zero-order valence-electron chi connectivity index (χ0n) is 9.47. The summed E-state index contributed by atoms with van der Waals surface area (Å²) in [6.07, 6.45) is 9.41. The van der Waals surface area contributed by atoms with Gasteiger partial charge >= 0.3 is 0 Å². The van der Waals surface area contributed by atoms with E-state index in [1.807, 2.05) is 12.4 Å². The predicted octanol–water partition coefficient (Wildman–Crippen LogP) is 1.48. The van der Waals surface area contributed by atoms with Crippen LogP contribution in [0.3, 0.4) is 0 Å². The van der Waals surface area contributed by atoms with Crippen molar-refractivity contribution in [3.8, 4) is 0 Å². The highest BCUT2D eigenvalue weighted by molar-refractivity contribution is 5.40. The lowest BCUT2D eigenvalue weighted by Crippen LogP contribution is -2.23. The zero-order valence-corrected chi connectivity index (χ0v) is 9.47. The molecule has 0 radical (unpaired) electrons. The number of hydrogen-bond donors (Lipinski definition) is 2. The molecule has 3 rings (SSSR count). The lowest BCUT2D eigenvalue weighted by molar-refractivity contribution is 0.269. The molecule has 0 amide bonds. The first-order valence-electron chi connectivity index (χ1n) is 6.26. The lowest BCUT2D eigenvalue weighted by Gasteiger charge is -2.17. The van der Waals surface area contributed by atoms with Crippen molar-refractivity contribution in [1.82, 2.24) is 9.78 Å². The van der Waals surface area contributed by atoms with Gasteiger partial charge in [-0.15, -0.1) is 0 Å². The Balaban J connectivity index is 1.62. The van der Waals surface area contributed by atoms with Crippen molar-refractivity contribution >= 4 is 5.69 Å². The number of rotatable bonds is 6. The molecule has 88 valence electrons. The number of nitrogens with one attached hydrogen (secondary N) is 1. The largest absolute Gasteiger partial charge is 0.394 e. The minimum Gasteiger partial charge on any atom is -0.394 e. The summed E-state index contributed by atoms with van der Waals surface area (Å²) in [5.74, 6) is 1.79. The van der Waals surface area contributed by atoms with Gasteiger partial charge in [0, 0.05) is 12.2 Å². The Hall–Kier alpha value is -1.03. The molecule has 0 aliphatic heterocycles. The molecule has 0 unspecified atom stereocenters. The number of aliphatic hydroxyl groups is 1. The van der Waals surface area contributed by atoms with E-state index in [2.05, 4.69) is 10.4 Å². The molecule has 16 heavy (non-hydrogen) atoms. The zero-order chi connectivity index (χ0) is 11.0. The van der Waals surface area contributed by atoms with E-state index in [-0.39, 0.29) is 6.61 Å². The summed E-state index contributed by atoms with van der Waals surface area (Å²) in [5, 5.41) is 16.7. The second-order valence-electron chi connectivity index (χ2n) is 5.06. The number of nitrogens with zero attached hydrogens (tertiary/aromatic N) is 2. The Kier molecular flexibility index (Phi) is 2.59. The van der Waals surface area contributed by atoms with Crippen LogP contribution in [0, 0.1) is 11.8 Å². The quantitative estimate of drug-likeness (QED) is 0.765. The highest BCUT2D eigenvalue weighted by atomic mass is 16.3. The van der Waals surface area contributed by atoms with Gasteiger partial charge in [0.05, 0.1) is 25.0 Å². The first kappa shape index (κ1) is 10.1. The molecule has 1 aromatic heterocycles. The topological polar surface area (TPSA) is 50.1 Å². The normalized spacial score (nSPS) is 20.4. The summed E-state index contributed by atoms with van der Waals surface area (Å²) in [5.41, 5.74) is 1.11. The van der Waals surface area contributed by atoms with E-state index in [0.29, 0.717) is 12.6 Å². The van der Waals surface area contributed by atoms with Gasteiger partial charge in [-0.25, -0.2) is 0 Å². The third-order valence-electron chi connectivity index (χ3n) is 3.56. The van der Waals surface area contributed by atoms with Gasteiger partial charge < -0.3 is 10.4 Å². The van der Waals surface area contributed by atoms with Crippen LogP contribution in [0.4, 0.5) is 5.69 Å². The van der Waals surface area contributed by atoms with E-state index < -0.39 is 0 Å². The standard InChI is InChI=1S/C12H19N3O/c16-6-5-15-8-11(7-13-15)14-12(9-1-2-9)10-3-4-10/h7-10,12,14,16H,1-6H2. The maximum absolute atomic E-state index is 8.83. The van der Waals surface area contributed by atoms with Crippen molar-refractivity contribution in [3.63, 3.8) is 0 Å². The number of anilines is 1. The van der Waals surface area contributed by atoms with Crippen molar-refractivity contribution < 1.29 is 5.11 Å². The minimum absolute atomic E-state index is 0.149. The van der Waals surface area contributed by atoms with Crippen molar-refractivity contribution in [2.45, 2.75) is 38.3 Å². The summed E-state index contributed by atoms with van der Waals surface area (Å²) in [7, 11) is 0. The average molecular weight is 221 g/mol. The molecule has 4 heteroatoms. The second kappa shape index (κ2) is 4.09. The molecule has 2 saturated carbocycles. The summed E-state index contributed by atoms with van der Waals surface area (Å²) in [4.78, 5) is 0. The van der Waals surface area contributed by atoms with Crippen LogP contribution in [0.5, 0.6) is 0 Å². The van der Waals surface area contributed by atoms with Crippen LogP contribution in [0.15, 0.2) is 12.4 Å². The number of aromatic nitrogens is 2. The Bertz CT molecular complexity index is 343. The van der Waals surface area contributed by atoms with E-state index in [1.54, 1.807) is 4.68 Å². The fourth-order valence-electron chi connectivity index (χ4n) is 2.39. The van der Waals surface area contributed by atoms with Gasteiger partial charge in [0.2, 0.25) is 0 Å². The number of aliphatic hydroxyl groups excluding tert-OH is 1. The summed E-state index contributed by atoms with van der Waals surface area (Å²) in [6, 6.07) is 0.673. The van der Waals surface area contributed by atoms with Crippen LogP contribution in [-0.4, -0.2) is 27.5 Å². The molecular weight excluding hydrogens is 202 g/mol. The third kappa shape index (κ3) is 2.21. The summed E-state index contributed by atoms with van der Waals surface area (Å²) >= 11 is 0. The second-order valence-corrected chi connectivity index (χ2v) is 5.06. The van der Waals surface area contributed by atoms with E-state index >= 15 is 0 Å². The maximum atomic E-state index is 8.83. The van der Waals surface area contributed by atoms with Crippen LogP contribution in [0.2, 0.25) is 0 Å². The SMILES string of the molecule is OCCn1cc(NC(C2CC2)C2CC2)cn1. The molecule has 1 heterocycles. The highest BCUT2D eigenvalue weighted by Gasteiger charge is 2.41. The molecule has 0 atom stereocenters. The molecule has 4 nitrogen and oxygen atoms in total. The van der Waals surface area contributed by atoms with Crippen LogP contribution in [0.1, 0.15) is 25.7 Å². The van der Waals surface area contributed by atoms with E-state index in [1.165, 1.54) is 25.7 Å². The van der Waals surface area contributed by atoms with Crippen LogP contribution >= 0.6 is 0 Å². The van der Waals surface area contributed by atoms with Gasteiger partial charge in [-0.1, -0.05) is 0 Å². The van der Waals surface area contributed by atoms with Gasteiger partial charge in [-0.05, 0) is 37.5 Å². The maximum Gasteiger partial charge on any atom is 0.0728 e. The van der Waals surface area contributed by atoms with Crippen LogP contribution < -0.4 is 5.32 Å². The molecule has 2 aliphatic carbocycles. The van der Waals surface area contributed by atoms with Crippen LogP contribution in [-0.2, 0) is 6.54 Å². The van der Waals surface area contributed by atoms with Crippen molar-refractivity contribution in [1.29, 1.82) is 0 Å². The predicted molar refractivity (Wildman–Crippen MR) is 62.2 cm³/mol. The van der Waals surface area contributed by atoms with Gasteiger partial charge in [0.15, 0.2) is 0 Å². The summed E-state index contributed by atoms with van der Waals surface area (Å²) < 4.78 is 1.79. The summed E-state index contributed by atoms with van der Waals surface area (Å²) in [6.45, 7) is 0.731. The molecule has 2 fully saturated rings. The van der Waals surface area contributed by atoms with Crippen LogP contribution in [0.25, 0.3) is 0 Å². The molecule has 1 aromatic rings. The van der Waals surface area contributed by atoms with Gasteiger partial charge in [-0.3, -0.25) is 4.68 Å². The molecular formula is C12H19N3O. The molecule has 2 aliphatic rings. The van der Waals surface area contributed by atoms with Crippen molar-refractivity contribution in [2.75, 3.05) is 11.9 Å². The highest BCUT2D eigenvalue weighted by Crippen LogP contribution is 2.45. The molecule has 0 aromatic carbocycles. The first-order chi connectivity index (χ1) is 7.86. The van der Waals surface area contributed by atoms with E-state index in [4.69, 9.17) is 5.11 Å². The molecule has 0 bridgehead atoms. The van der Waals surface area contributed by atoms with Gasteiger partial charge in [0.25, 0.3) is 0 Å². The van der Waals surface area contributed by atoms with E-state index in [0.717, 1.165) is 17.5 Å². The molecule has 0 spiro atoms. The Morgan fingerprint density at radius 2 is 2.06 bits per heavy atom. The Morgan fingerprint density at radius 1 is 1.38 bits per heavy atom. The van der Waals surface area contributed by atoms with Gasteiger partial charge in [0.1, 0.15) is 0 Å². The Labute approximate surface area is 95.7 Å².